The minimum atomic E-state index is -0.625. The summed E-state index contributed by atoms with van der Waals surface area (Å²) in [6.45, 7) is 2.02. The summed E-state index contributed by atoms with van der Waals surface area (Å²) in [7, 11) is 0. The van der Waals surface area contributed by atoms with E-state index in [0.717, 1.165) is 0 Å². The fraction of sp³-hybridized carbons (Fsp3) is 0.167. The van der Waals surface area contributed by atoms with E-state index in [1.165, 1.54) is 29.3 Å². The summed E-state index contributed by atoms with van der Waals surface area (Å²) in [6, 6.07) is 3.14. The lowest BCUT2D eigenvalue weighted by Gasteiger charge is -2.02. The smallest absolute Gasteiger partial charge is 0.341 e. The van der Waals surface area contributed by atoms with Gasteiger partial charge >= 0.3 is 5.97 Å². The molecular weight excluding hydrogens is 248 g/mol. The predicted molar refractivity (Wildman–Crippen MR) is 65.8 cm³/mol. The first kappa shape index (κ1) is 12.7. The SMILES string of the molecule is CCOC(=O)c1cnn(-c2ccnc(C(N)=O)c2)c1. The lowest BCUT2D eigenvalue weighted by Crippen LogP contribution is -2.13. The van der Waals surface area contributed by atoms with Gasteiger partial charge in [0.25, 0.3) is 5.91 Å². The van der Waals surface area contributed by atoms with Crippen molar-refractivity contribution in [1.82, 2.24) is 14.8 Å². The van der Waals surface area contributed by atoms with Gasteiger partial charge < -0.3 is 10.5 Å². The highest BCUT2D eigenvalue weighted by molar-refractivity contribution is 5.91. The highest BCUT2D eigenvalue weighted by atomic mass is 16.5. The molecule has 0 atom stereocenters. The zero-order chi connectivity index (χ0) is 13.8. The summed E-state index contributed by atoms with van der Waals surface area (Å²) in [5.74, 6) is -1.07. The first-order valence-electron chi connectivity index (χ1n) is 5.60. The number of primary amides is 1. The zero-order valence-electron chi connectivity index (χ0n) is 10.2. The lowest BCUT2D eigenvalue weighted by atomic mass is 10.3. The molecule has 0 aliphatic rings. The molecule has 2 heterocycles. The third kappa shape index (κ3) is 2.76. The van der Waals surface area contributed by atoms with Gasteiger partial charge in [0.05, 0.1) is 24.1 Å². The molecule has 0 fully saturated rings. The number of carbonyl (C=O) groups excluding carboxylic acids is 2. The van der Waals surface area contributed by atoms with Crippen LogP contribution in [0.1, 0.15) is 27.8 Å². The molecule has 7 heteroatoms. The van der Waals surface area contributed by atoms with Crippen LogP contribution in [0, 0.1) is 0 Å². The minimum absolute atomic E-state index is 0.130. The number of hydrogen-bond acceptors (Lipinski definition) is 5. The molecule has 0 aliphatic carbocycles. The molecule has 98 valence electrons. The standard InChI is InChI=1S/C12H12N4O3/c1-2-19-12(18)8-6-15-16(7-8)9-3-4-14-10(5-9)11(13)17/h3-7H,2H2,1H3,(H2,13,17). The van der Waals surface area contributed by atoms with Crippen molar-refractivity contribution in [2.24, 2.45) is 5.73 Å². The van der Waals surface area contributed by atoms with Crippen molar-refractivity contribution in [3.63, 3.8) is 0 Å². The van der Waals surface area contributed by atoms with Gasteiger partial charge in [-0.1, -0.05) is 0 Å². The van der Waals surface area contributed by atoms with E-state index in [9.17, 15) is 9.59 Å². The van der Waals surface area contributed by atoms with Gasteiger partial charge in [-0.2, -0.15) is 5.10 Å². The van der Waals surface area contributed by atoms with Gasteiger partial charge in [-0.15, -0.1) is 0 Å². The quantitative estimate of drug-likeness (QED) is 0.809. The van der Waals surface area contributed by atoms with Crippen molar-refractivity contribution >= 4 is 11.9 Å². The van der Waals surface area contributed by atoms with Crippen molar-refractivity contribution in [2.45, 2.75) is 6.92 Å². The summed E-state index contributed by atoms with van der Waals surface area (Å²) >= 11 is 0. The molecule has 0 unspecified atom stereocenters. The number of nitrogens with zero attached hydrogens (tertiary/aromatic N) is 3. The molecule has 0 bridgehead atoms. The van der Waals surface area contributed by atoms with Crippen molar-refractivity contribution in [2.75, 3.05) is 6.61 Å². The average molecular weight is 260 g/mol. The van der Waals surface area contributed by atoms with Crippen LogP contribution in [0.25, 0.3) is 5.69 Å². The Kier molecular flexibility index (Phi) is 3.56. The summed E-state index contributed by atoms with van der Waals surface area (Å²) in [5.41, 5.74) is 6.19. The van der Waals surface area contributed by atoms with Gasteiger partial charge in [0.1, 0.15) is 5.69 Å². The van der Waals surface area contributed by atoms with Crippen LogP contribution < -0.4 is 5.73 Å². The molecule has 0 aromatic carbocycles. The molecule has 19 heavy (non-hydrogen) atoms. The largest absolute Gasteiger partial charge is 0.462 e. The predicted octanol–water partition coefficient (Wildman–Crippen LogP) is 0.543. The van der Waals surface area contributed by atoms with E-state index in [0.29, 0.717) is 17.9 Å². The van der Waals surface area contributed by atoms with Crippen LogP contribution in [-0.2, 0) is 4.74 Å². The monoisotopic (exact) mass is 260 g/mol. The average Bonchev–Trinajstić information content (AvgIpc) is 2.89. The Morgan fingerprint density at radius 2 is 2.26 bits per heavy atom. The second kappa shape index (κ2) is 5.30. The highest BCUT2D eigenvalue weighted by Gasteiger charge is 2.11. The molecule has 0 saturated heterocycles. The van der Waals surface area contributed by atoms with Gasteiger partial charge in [0.15, 0.2) is 0 Å². The Morgan fingerprint density at radius 1 is 1.47 bits per heavy atom. The van der Waals surface area contributed by atoms with Gasteiger partial charge in [-0.3, -0.25) is 9.78 Å². The molecule has 1 amide bonds. The number of pyridine rings is 1. The number of esters is 1. The molecule has 7 nitrogen and oxygen atoms in total. The highest BCUT2D eigenvalue weighted by Crippen LogP contribution is 2.09. The van der Waals surface area contributed by atoms with Crippen LogP contribution in [0.2, 0.25) is 0 Å². The van der Waals surface area contributed by atoms with E-state index in [1.807, 2.05) is 0 Å². The number of amides is 1. The van der Waals surface area contributed by atoms with E-state index in [-0.39, 0.29) is 5.69 Å². The van der Waals surface area contributed by atoms with Gasteiger partial charge in [0, 0.05) is 12.4 Å². The van der Waals surface area contributed by atoms with Crippen LogP contribution in [0.3, 0.4) is 0 Å². The number of hydrogen-bond donors (Lipinski definition) is 1. The molecular formula is C12H12N4O3. The second-order valence-electron chi connectivity index (χ2n) is 3.66. The van der Waals surface area contributed by atoms with E-state index in [2.05, 4.69) is 10.1 Å². The fourth-order valence-corrected chi connectivity index (χ4v) is 1.48. The Balaban J connectivity index is 2.30. The maximum atomic E-state index is 11.5. The van der Waals surface area contributed by atoms with Crippen molar-refractivity contribution in [3.8, 4) is 5.69 Å². The normalized spacial score (nSPS) is 10.2. The number of nitrogens with two attached hydrogens (primary N) is 1. The summed E-state index contributed by atoms with van der Waals surface area (Å²) in [5, 5.41) is 4.03. The third-order valence-electron chi connectivity index (χ3n) is 2.35. The maximum absolute atomic E-state index is 11.5. The topological polar surface area (TPSA) is 100 Å². The zero-order valence-corrected chi connectivity index (χ0v) is 10.2. The van der Waals surface area contributed by atoms with Crippen molar-refractivity contribution in [3.05, 3.63) is 42.0 Å². The second-order valence-corrected chi connectivity index (χ2v) is 3.66. The third-order valence-corrected chi connectivity index (χ3v) is 2.35. The molecule has 2 aromatic heterocycles. The van der Waals surface area contributed by atoms with Crippen molar-refractivity contribution < 1.29 is 14.3 Å². The molecule has 0 aliphatic heterocycles. The van der Waals surface area contributed by atoms with Gasteiger partial charge in [-0.25, -0.2) is 9.48 Å². The number of carbonyl (C=O) groups is 2. The summed E-state index contributed by atoms with van der Waals surface area (Å²) in [4.78, 5) is 26.4. The molecule has 2 rings (SSSR count). The Hall–Kier alpha value is -2.70. The van der Waals surface area contributed by atoms with E-state index in [4.69, 9.17) is 10.5 Å². The Morgan fingerprint density at radius 3 is 2.95 bits per heavy atom. The summed E-state index contributed by atoms with van der Waals surface area (Å²) in [6.07, 6.45) is 4.35. The number of aromatic nitrogens is 3. The molecule has 0 radical (unpaired) electrons. The first-order valence-corrected chi connectivity index (χ1v) is 5.60. The van der Waals surface area contributed by atoms with Crippen LogP contribution >= 0.6 is 0 Å². The van der Waals surface area contributed by atoms with E-state index >= 15 is 0 Å². The van der Waals surface area contributed by atoms with E-state index < -0.39 is 11.9 Å². The Bertz CT molecular complexity index is 621. The van der Waals surface area contributed by atoms with Crippen LogP contribution in [0.5, 0.6) is 0 Å². The van der Waals surface area contributed by atoms with Gasteiger partial charge in [0.2, 0.25) is 0 Å². The first-order chi connectivity index (χ1) is 9.11. The number of ether oxygens (including phenoxy) is 1. The van der Waals surface area contributed by atoms with Gasteiger partial charge in [-0.05, 0) is 19.1 Å². The molecule has 2 N–H and O–H groups in total. The Labute approximate surface area is 109 Å². The van der Waals surface area contributed by atoms with E-state index in [1.54, 1.807) is 13.0 Å². The van der Waals surface area contributed by atoms with Crippen LogP contribution in [0.4, 0.5) is 0 Å². The molecule has 0 saturated carbocycles. The molecule has 2 aromatic rings. The van der Waals surface area contributed by atoms with Crippen molar-refractivity contribution in [1.29, 1.82) is 0 Å². The minimum Gasteiger partial charge on any atom is -0.462 e. The lowest BCUT2D eigenvalue weighted by molar-refractivity contribution is 0.0526. The summed E-state index contributed by atoms with van der Waals surface area (Å²) < 4.78 is 6.31. The fourth-order valence-electron chi connectivity index (χ4n) is 1.48. The van der Waals surface area contributed by atoms with Crippen LogP contribution in [-0.4, -0.2) is 33.2 Å². The number of rotatable bonds is 4. The maximum Gasteiger partial charge on any atom is 0.341 e. The van der Waals surface area contributed by atoms with Crippen LogP contribution in [0.15, 0.2) is 30.7 Å². The molecule has 0 spiro atoms.